The second-order valence-corrected chi connectivity index (χ2v) is 9.09. The molecule has 3 N–H and O–H groups in total. The largest absolute Gasteiger partial charge is 0.358 e. The number of nitrogens with zero attached hydrogens (tertiary/aromatic N) is 1. The number of thioether (sulfide) groups is 1. The first-order valence-electron chi connectivity index (χ1n) is 9.21. The van der Waals surface area contributed by atoms with Crippen molar-refractivity contribution >= 4 is 57.4 Å². The third-order valence-electron chi connectivity index (χ3n) is 5.21. The molecule has 9 heteroatoms. The summed E-state index contributed by atoms with van der Waals surface area (Å²) >= 11 is 11.8. The fourth-order valence-electron chi connectivity index (χ4n) is 3.33. The Bertz CT molecular complexity index is 542. The molecular weight excluding hydrogens is 388 g/mol. The van der Waals surface area contributed by atoms with Crippen molar-refractivity contribution in [3.8, 4) is 0 Å². The van der Waals surface area contributed by atoms with Gasteiger partial charge in [-0.1, -0.05) is 50.7 Å². The molecular formula is C17H28N4O2S3. The first-order chi connectivity index (χ1) is 12.4. The molecule has 1 aliphatic carbocycles. The Hall–Kier alpha value is -0.930. The summed E-state index contributed by atoms with van der Waals surface area (Å²) in [5, 5.41) is 3.78. The summed E-state index contributed by atoms with van der Waals surface area (Å²) < 4.78 is 0.642. The van der Waals surface area contributed by atoms with Gasteiger partial charge in [-0.3, -0.25) is 25.3 Å². The van der Waals surface area contributed by atoms with Crippen molar-refractivity contribution in [3.05, 3.63) is 0 Å². The van der Waals surface area contributed by atoms with Gasteiger partial charge in [-0.15, -0.1) is 0 Å². The number of hydrogen-bond donors (Lipinski definition) is 3. The van der Waals surface area contributed by atoms with Crippen LogP contribution >= 0.6 is 36.2 Å². The Balaban J connectivity index is 1.57. The summed E-state index contributed by atoms with van der Waals surface area (Å²) in [5.74, 6) is 1.65. The Labute approximate surface area is 170 Å². The highest BCUT2D eigenvalue weighted by atomic mass is 32.2. The van der Waals surface area contributed by atoms with Gasteiger partial charge in [0.2, 0.25) is 11.8 Å². The van der Waals surface area contributed by atoms with Gasteiger partial charge in [-0.05, 0) is 43.3 Å². The van der Waals surface area contributed by atoms with Crippen LogP contribution in [-0.2, 0) is 9.59 Å². The molecule has 146 valence electrons. The molecule has 0 spiro atoms. The average Bonchev–Trinajstić information content (AvgIpc) is 2.92. The molecule has 0 aromatic carbocycles. The Morgan fingerprint density at radius 3 is 2.73 bits per heavy atom. The minimum atomic E-state index is -0.107. The Kier molecular flexibility index (Phi) is 8.56. The first-order valence-corrected chi connectivity index (χ1v) is 11.0. The topological polar surface area (TPSA) is 73.5 Å². The summed E-state index contributed by atoms with van der Waals surface area (Å²) in [5.41, 5.74) is 5.43. The number of amides is 2. The standard InChI is InChI=1S/C17H28N4O2S3/c1-11-6-5-7-13(12(11)2)18-16(24)20-19-14(22)8-3-4-9-21-15(23)10-26-17(21)25/h11-13H,3-10H2,1-2H3,(H,19,22)(H2,18,20,24)/t11-,12+,13-/m0/s1. The van der Waals surface area contributed by atoms with E-state index in [-0.39, 0.29) is 11.8 Å². The summed E-state index contributed by atoms with van der Waals surface area (Å²) in [4.78, 5) is 25.1. The number of thiocarbonyl (C=S) groups is 2. The van der Waals surface area contributed by atoms with Gasteiger partial charge >= 0.3 is 0 Å². The molecule has 1 heterocycles. The van der Waals surface area contributed by atoms with Gasteiger partial charge in [0.15, 0.2) is 5.11 Å². The van der Waals surface area contributed by atoms with E-state index in [1.165, 1.54) is 24.6 Å². The van der Waals surface area contributed by atoms with Crippen molar-refractivity contribution in [2.75, 3.05) is 12.3 Å². The van der Waals surface area contributed by atoms with E-state index < -0.39 is 0 Å². The molecule has 1 saturated heterocycles. The van der Waals surface area contributed by atoms with E-state index in [1.54, 1.807) is 4.90 Å². The number of carbonyl (C=O) groups excluding carboxylic acids is 2. The van der Waals surface area contributed by atoms with Crippen molar-refractivity contribution in [1.29, 1.82) is 0 Å². The predicted molar refractivity (Wildman–Crippen MR) is 114 cm³/mol. The van der Waals surface area contributed by atoms with Gasteiger partial charge in [0.25, 0.3) is 0 Å². The minimum Gasteiger partial charge on any atom is -0.358 e. The van der Waals surface area contributed by atoms with Gasteiger partial charge in [-0.2, -0.15) is 0 Å². The van der Waals surface area contributed by atoms with Gasteiger partial charge in [0.05, 0.1) is 5.75 Å². The van der Waals surface area contributed by atoms with Crippen LogP contribution in [0.2, 0.25) is 0 Å². The van der Waals surface area contributed by atoms with Gasteiger partial charge in [0.1, 0.15) is 4.32 Å². The van der Waals surface area contributed by atoms with Crippen LogP contribution in [0.1, 0.15) is 52.4 Å². The lowest BCUT2D eigenvalue weighted by atomic mass is 9.78. The first kappa shape index (κ1) is 21.4. The number of hydrazine groups is 1. The van der Waals surface area contributed by atoms with E-state index in [1.807, 2.05) is 0 Å². The SMILES string of the molecule is C[C@H]1[C@@H](NC(=S)NNC(=O)CCCCN2C(=O)CSC2=S)CCC[C@@H]1C. The van der Waals surface area contributed by atoms with Gasteiger partial charge in [-0.25, -0.2) is 0 Å². The van der Waals surface area contributed by atoms with Crippen LogP contribution in [0.15, 0.2) is 0 Å². The van der Waals surface area contributed by atoms with Crippen molar-refractivity contribution in [3.63, 3.8) is 0 Å². The predicted octanol–water partition coefficient (Wildman–Crippen LogP) is 2.34. The maximum atomic E-state index is 11.9. The van der Waals surface area contributed by atoms with E-state index in [4.69, 9.17) is 24.4 Å². The van der Waals surface area contributed by atoms with E-state index in [0.29, 0.717) is 52.4 Å². The normalized spacial score (nSPS) is 25.9. The molecule has 2 rings (SSSR count). The Morgan fingerprint density at radius 2 is 2.04 bits per heavy atom. The maximum Gasteiger partial charge on any atom is 0.238 e. The third kappa shape index (κ3) is 6.35. The second-order valence-electron chi connectivity index (χ2n) is 7.08. The summed E-state index contributed by atoms with van der Waals surface area (Å²) in [6, 6.07) is 0.357. The monoisotopic (exact) mass is 416 g/mol. The number of rotatable bonds is 6. The van der Waals surface area contributed by atoms with E-state index in [2.05, 4.69) is 30.0 Å². The van der Waals surface area contributed by atoms with Gasteiger partial charge < -0.3 is 5.32 Å². The molecule has 2 aliphatic rings. The molecule has 1 saturated carbocycles. The summed E-state index contributed by atoms with van der Waals surface area (Å²) in [6.45, 7) is 5.11. The molecule has 26 heavy (non-hydrogen) atoms. The van der Waals surface area contributed by atoms with Crippen molar-refractivity contribution < 1.29 is 9.59 Å². The number of nitrogens with one attached hydrogen (secondary N) is 3. The third-order valence-corrected chi connectivity index (χ3v) is 6.87. The fraction of sp³-hybridized carbons (Fsp3) is 0.765. The lowest BCUT2D eigenvalue weighted by Crippen LogP contribution is -2.52. The van der Waals surface area contributed by atoms with E-state index >= 15 is 0 Å². The van der Waals surface area contributed by atoms with Crippen LogP contribution in [-0.4, -0.2) is 44.5 Å². The number of hydrogen-bond acceptors (Lipinski definition) is 5. The fourth-order valence-corrected chi connectivity index (χ4v) is 4.66. The molecule has 0 bridgehead atoms. The van der Waals surface area contributed by atoms with Gasteiger partial charge in [0, 0.05) is 19.0 Å². The molecule has 0 radical (unpaired) electrons. The highest BCUT2D eigenvalue weighted by molar-refractivity contribution is 8.23. The lowest BCUT2D eigenvalue weighted by Gasteiger charge is -2.35. The van der Waals surface area contributed by atoms with E-state index in [9.17, 15) is 9.59 Å². The molecule has 0 aromatic heterocycles. The molecule has 2 amide bonds. The maximum absolute atomic E-state index is 11.9. The van der Waals surface area contributed by atoms with Crippen LogP contribution in [0.4, 0.5) is 0 Å². The highest BCUT2D eigenvalue weighted by Gasteiger charge is 2.27. The molecule has 0 aromatic rings. The second kappa shape index (κ2) is 10.4. The highest BCUT2D eigenvalue weighted by Crippen LogP contribution is 2.29. The van der Waals surface area contributed by atoms with Crippen molar-refractivity contribution in [1.82, 2.24) is 21.1 Å². The van der Waals surface area contributed by atoms with Crippen molar-refractivity contribution in [2.24, 2.45) is 11.8 Å². The molecule has 3 atom stereocenters. The van der Waals surface area contributed by atoms with Crippen molar-refractivity contribution in [2.45, 2.75) is 58.4 Å². The average molecular weight is 417 g/mol. The van der Waals surface area contributed by atoms with Crippen LogP contribution in [0.5, 0.6) is 0 Å². The van der Waals surface area contributed by atoms with Crippen LogP contribution in [0, 0.1) is 11.8 Å². The summed E-state index contributed by atoms with van der Waals surface area (Å²) in [6.07, 6.45) is 5.41. The molecule has 6 nitrogen and oxygen atoms in total. The number of carbonyl (C=O) groups is 2. The quantitative estimate of drug-likeness (QED) is 0.349. The Morgan fingerprint density at radius 1 is 1.27 bits per heavy atom. The minimum absolute atomic E-state index is 0.0637. The zero-order valence-corrected chi connectivity index (χ0v) is 17.8. The zero-order valence-electron chi connectivity index (χ0n) is 15.4. The summed E-state index contributed by atoms with van der Waals surface area (Å²) in [7, 11) is 0. The smallest absolute Gasteiger partial charge is 0.238 e. The number of unbranched alkanes of at least 4 members (excludes halogenated alkanes) is 1. The zero-order chi connectivity index (χ0) is 19.1. The van der Waals surface area contributed by atoms with Crippen LogP contribution in [0.25, 0.3) is 0 Å². The van der Waals surface area contributed by atoms with Crippen LogP contribution < -0.4 is 16.2 Å². The molecule has 0 unspecified atom stereocenters. The molecule has 2 fully saturated rings. The molecule has 1 aliphatic heterocycles. The van der Waals surface area contributed by atoms with E-state index in [0.717, 1.165) is 12.8 Å². The van der Waals surface area contributed by atoms with Crippen LogP contribution in [0.3, 0.4) is 0 Å². The lowest BCUT2D eigenvalue weighted by molar-refractivity contribution is -0.124.